The molecule has 3 aromatic rings. The monoisotopic (exact) mass is 350 g/mol. The van der Waals surface area contributed by atoms with Crippen LogP contribution in [0.3, 0.4) is 0 Å². The van der Waals surface area contributed by atoms with Gasteiger partial charge >= 0.3 is 0 Å². The molecule has 6 heteroatoms. The van der Waals surface area contributed by atoms with Crippen molar-refractivity contribution in [3.05, 3.63) is 81.6 Å². The van der Waals surface area contributed by atoms with Crippen LogP contribution in [0.1, 0.15) is 16.9 Å². The fraction of sp³-hybridized carbons (Fsp3) is 0.200. The van der Waals surface area contributed by atoms with E-state index in [0.29, 0.717) is 24.3 Å². The van der Waals surface area contributed by atoms with Crippen LogP contribution >= 0.6 is 0 Å². The van der Waals surface area contributed by atoms with Gasteiger partial charge in [-0.2, -0.15) is 0 Å². The van der Waals surface area contributed by atoms with Gasteiger partial charge in [-0.3, -0.25) is 10.1 Å². The lowest BCUT2D eigenvalue weighted by atomic mass is 10.0. The minimum absolute atomic E-state index is 0.0421. The molecule has 0 radical (unpaired) electrons. The second-order valence-electron chi connectivity index (χ2n) is 6.33. The van der Waals surface area contributed by atoms with Crippen LogP contribution < -0.4 is 4.90 Å². The molecule has 2 aromatic carbocycles. The Morgan fingerprint density at radius 3 is 2.69 bits per heavy atom. The van der Waals surface area contributed by atoms with Crippen LogP contribution in [-0.2, 0) is 19.6 Å². The highest BCUT2D eigenvalue weighted by atomic mass is 16.6. The molecule has 1 N–H and O–H groups in total. The van der Waals surface area contributed by atoms with Crippen molar-refractivity contribution in [3.8, 4) is 11.3 Å². The SMILES string of the molecule is O=[N+]([O-])c1ccc(CO)cc1N1CCc2cc(-c3ccccc3)oc2C1. The number of nitro groups is 1. The standard InChI is InChI=1S/C20H18N2O4/c23-13-14-6-7-17(22(24)25)18(10-14)21-9-8-16-11-19(26-20(16)12-21)15-4-2-1-3-5-15/h1-7,10-11,23H,8-9,12-13H2. The Morgan fingerprint density at radius 1 is 1.15 bits per heavy atom. The van der Waals surface area contributed by atoms with Crippen LogP contribution in [0.2, 0.25) is 0 Å². The van der Waals surface area contributed by atoms with E-state index in [2.05, 4.69) is 6.07 Å². The van der Waals surface area contributed by atoms with Crippen molar-refractivity contribution in [2.75, 3.05) is 11.4 Å². The van der Waals surface area contributed by atoms with Crippen LogP contribution in [0.25, 0.3) is 11.3 Å². The summed E-state index contributed by atoms with van der Waals surface area (Å²) >= 11 is 0. The van der Waals surface area contributed by atoms with Gasteiger partial charge in [-0.15, -0.1) is 0 Å². The third-order valence-electron chi connectivity index (χ3n) is 4.70. The lowest BCUT2D eigenvalue weighted by Crippen LogP contribution is -2.30. The Bertz CT molecular complexity index is 950. The van der Waals surface area contributed by atoms with Gasteiger partial charge in [-0.25, -0.2) is 0 Å². The van der Waals surface area contributed by atoms with Crippen LogP contribution in [0.5, 0.6) is 0 Å². The first kappa shape index (κ1) is 16.4. The van der Waals surface area contributed by atoms with Gasteiger partial charge in [0.25, 0.3) is 5.69 Å². The Balaban J connectivity index is 1.67. The van der Waals surface area contributed by atoms with Gasteiger partial charge in [0.05, 0.1) is 18.1 Å². The zero-order chi connectivity index (χ0) is 18.1. The zero-order valence-corrected chi connectivity index (χ0v) is 14.1. The Hall–Kier alpha value is -3.12. The number of aliphatic hydroxyl groups excluding tert-OH is 1. The molecule has 6 nitrogen and oxygen atoms in total. The van der Waals surface area contributed by atoms with E-state index in [9.17, 15) is 15.2 Å². The van der Waals surface area contributed by atoms with E-state index in [1.54, 1.807) is 12.1 Å². The molecule has 0 spiro atoms. The third kappa shape index (κ3) is 2.95. The minimum Gasteiger partial charge on any atom is -0.459 e. The molecule has 1 aromatic heterocycles. The highest BCUT2D eigenvalue weighted by Crippen LogP contribution is 2.35. The van der Waals surface area contributed by atoms with Gasteiger partial charge < -0.3 is 14.4 Å². The molecule has 0 bridgehead atoms. The average molecular weight is 350 g/mol. The highest BCUT2D eigenvalue weighted by molar-refractivity contribution is 5.66. The second-order valence-corrected chi connectivity index (χ2v) is 6.33. The summed E-state index contributed by atoms with van der Waals surface area (Å²) in [6.07, 6.45) is 0.756. The van der Waals surface area contributed by atoms with Crippen LogP contribution in [0.15, 0.2) is 59.0 Å². The van der Waals surface area contributed by atoms with Crippen molar-refractivity contribution in [3.63, 3.8) is 0 Å². The molecule has 2 heterocycles. The number of furan rings is 1. The van der Waals surface area contributed by atoms with Crippen molar-refractivity contribution in [2.45, 2.75) is 19.6 Å². The molecule has 132 valence electrons. The summed E-state index contributed by atoms with van der Waals surface area (Å²) in [6.45, 7) is 0.983. The summed E-state index contributed by atoms with van der Waals surface area (Å²) in [5, 5.41) is 20.8. The lowest BCUT2D eigenvalue weighted by Gasteiger charge is -2.28. The molecule has 0 atom stereocenters. The smallest absolute Gasteiger partial charge is 0.292 e. The molecule has 4 rings (SSSR count). The molecule has 0 saturated carbocycles. The van der Waals surface area contributed by atoms with E-state index in [0.717, 1.165) is 29.1 Å². The van der Waals surface area contributed by atoms with Gasteiger partial charge in [-0.05, 0) is 35.7 Å². The topological polar surface area (TPSA) is 79.8 Å². The van der Waals surface area contributed by atoms with Gasteiger partial charge in [0.15, 0.2) is 0 Å². The molecule has 0 saturated heterocycles. The number of anilines is 1. The maximum Gasteiger partial charge on any atom is 0.292 e. The largest absolute Gasteiger partial charge is 0.459 e. The summed E-state index contributed by atoms with van der Waals surface area (Å²) in [6, 6.07) is 16.7. The molecule has 1 aliphatic heterocycles. The van der Waals surface area contributed by atoms with Gasteiger partial charge in [-0.1, -0.05) is 30.3 Å². The number of hydrogen-bond donors (Lipinski definition) is 1. The van der Waals surface area contributed by atoms with Crippen molar-refractivity contribution in [1.82, 2.24) is 0 Å². The highest BCUT2D eigenvalue weighted by Gasteiger charge is 2.26. The number of nitro benzene ring substituents is 1. The summed E-state index contributed by atoms with van der Waals surface area (Å²) in [4.78, 5) is 12.9. The maximum absolute atomic E-state index is 11.4. The summed E-state index contributed by atoms with van der Waals surface area (Å²) in [5.74, 6) is 1.65. The van der Waals surface area contributed by atoms with Crippen molar-refractivity contribution in [1.29, 1.82) is 0 Å². The predicted molar refractivity (Wildman–Crippen MR) is 97.9 cm³/mol. The first-order chi connectivity index (χ1) is 12.7. The predicted octanol–water partition coefficient (Wildman–Crippen LogP) is 3.91. The summed E-state index contributed by atoms with van der Waals surface area (Å²) < 4.78 is 6.04. The zero-order valence-electron chi connectivity index (χ0n) is 14.1. The number of rotatable bonds is 4. The second kappa shape index (κ2) is 6.65. The van der Waals surface area contributed by atoms with E-state index in [-0.39, 0.29) is 17.2 Å². The quantitative estimate of drug-likeness (QED) is 0.570. The molecule has 26 heavy (non-hydrogen) atoms. The number of benzene rings is 2. The normalized spacial score (nSPS) is 13.5. The van der Waals surface area contributed by atoms with Crippen molar-refractivity contribution >= 4 is 11.4 Å². The van der Waals surface area contributed by atoms with E-state index in [4.69, 9.17) is 4.42 Å². The molecule has 0 amide bonds. The molecule has 0 fully saturated rings. The molecular formula is C20H18N2O4. The van der Waals surface area contributed by atoms with Crippen LogP contribution in [-0.4, -0.2) is 16.6 Å². The minimum atomic E-state index is -0.385. The first-order valence-electron chi connectivity index (χ1n) is 8.46. The van der Waals surface area contributed by atoms with Gasteiger partial charge in [0.1, 0.15) is 17.2 Å². The van der Waals surface area contributed by atoms with Gasteiger partial charge in [0.2, 0.25) is 0 Å². The fourth-order valence-electron chi connectivity index (χ4n) is 3.35. The first-order valence-corrected chi connectivity index (χ1v) is 8.46. The van der Waals surface area contributed by atoms with Crippen LogP contribution in [0, 0.1) is 10.1 Å². The molecule has 0 unspecified atom stereocenters. The third-order valence-corrected chi connectivity index (χ3v) is 4.70. The number of fused-ring (bicyclic) bond motifs is 1. The average Bonchev–Trinajstić information content (AvgIpc) is 3.11. The Labute approximate surface area is 150 Å². The number of nitrogens with zero attached hydrogens (tertiary/aromatic N) is 2. The summed E-state index contributed by atoms with van der Waals surface area (Å²) in [5.41, 5.74) is 3.37. The maximum atomic E-state index is 11.4. The summed E-state index contributed by atoms with van der Waals surface area (Å²) in [7, 11) is 0. The van der Waals surface area contributed by atoms with E-state index < -0.39 is 0 Å². The lowest BCUT2D eigenvalue weighted by molar-refractivity contribution is -0.384. The van der Waals surface area contributed by atoms with Gasteiger partial charge in [0, 0.05) is 18.2 Å². The molecule has 1 aliphatic rings. The van der Waals surface area contributed by atoms with Crippen molar-refractivity contribution in [2.24, 2.45) is 0 Å². The Kier molecular flexibility index (Phi) is 4.18. The van der Waals surface area contributed by atoms with E-state index in [1.807, 2.05) is 35.2 Å². The number of aliphatic hydroxyl groups is 1. The molecular weight excluding hydrogens is 332 g/mol. The fourth-order valence-corrected chi connectivity index (χ4v) is 3.35. The van der Waals surface area contributed by atoms with Crippen LogP contribution in [0.4, 0.5) is 11.4 Å². The van der Waals surface area contributed by atoms with E-state index in [1.165, 1.54) is 6.07 Å². The van der Waals surface area contributed by atoms with Crippen molar-refractivity contribution < 1.29 is 14.4 Å². The van der Waals surface area contributed by atoms with E-state index >= 15 is 0 Å². The Morgan fingerprint density at radius 2 is 1.96 bits per heavy atom. The molecule has 0 aliphatic carbocycles. The number of hydrogen-bond acceptors (Lipinski definition) is 5.